The predicted octanol–water partition coefficient (Wildman–Crippen LogP) is 15.8. The smallest absolute Gasteiger partial charge is 0.306 e. The van der Waals surface area contributed by atoms with Crippen molar-refractivity contribution in [2.75, 3.05) is 6.61 Å². The van der Waals surface area contributed by atoms with Crippen molar-refractivity contribution in [2.45, 2.75) is 283 Å². The monoisotopic (exact) mass is 856 g/mol. The summed E-state index contributed by atoms with van der Waals surface area (Å²) in [7, 11) is 0. The third kappa shape index (κ3) is 44.2. The number of aliphatic hydroxyl groups is 2. The number of unbranched alkanes of at least 4 members (excludes halogenated alkanes) is 27. The van der Waals surface area contributed by atoms with Gasteiger partial charge in [-0.3, -0.25) is 9.59 Å². The third-order valence-electron chi connectivity index (χ3n) is 11.9. The molecule has 0 aromatic carbocycles. The van der Waals surface area contributed by atoms with Crippen molar-refractivity contribution < 1.29 is 24.5 Å². The lowest BCUT2D eigenvalue weighted by molar-refractivity contribution is -0.151. The van der Waals surface area contributed by atoms with E-state index in [2.05, 4.69) is 74.7 Å². The Morgan fingerprint density at radius 2 is 0.836 bits per heavy atom. The minimum Gasteiger partial charge on any atom is -0.462 e. The van der Waals surface area contributed by atoms with Gasteiger partial charge in [0.05, 0.1) is 25.2 Å². The second-order valence-electron chi connectivity index (χ2n) is 17.9. The van der Waals surface area contributed by atoms with Crippen LogP contribution in [-0.2, 0) is 14.3 Å². The zero-order valence-corrected chi connectivity index (χ0v) is 40.5. The zero-order valence-electron chi connectivity index (χ0n) is 40.5. The lowest BCUT2D eigenvalue weighted by Gasteiger charge is -2.24. The maximum Gasteiger partial charge on any atom is 0.306 e. The molecule has 0 aliphatic rings. The topological polar surface area (TPSA) is 95.9 Å². The second-order valence-corrected chi connectivity index (χ2v) is 17.9. The summed E-state index contributed by atoms with van der Waals surface area (Å²) in [5.74, 6) is -0.533. The molecule has 0 fully saturated rings. The van der Waals surface area contributed by atoms with Crippen molar-refractivity contribution in [3.63, 3.8) is 0 Å². The highest BCUT2D eigenvalue weighted by molar-refractivity contribution is 5.77. The van der Waals surface area contributed by atoms with Crippen LogP contribution in [0.3, 0.4) is 0 Å². The SMILES string of the molecule is CCCCC/C=C\C/C=C\C/C=C\C/C=C\CCCC(=O)OC(CCCCCCCCCCCCCCCCCC)CC(=O)NC(CO)C(O)CCCCCCCCCCC. The summed E-state index contributed by atoms with van der Waals surface area (Å²) in [4.78, 5) is 26.1. The van der Waals surface area contributed by atoms with E-state index >= 15 is 0 Å². The summed E-state index contributed by atoms with van der Waals surface area (Å²) in [6.45, 7) is 6.44. The average Bonchev–Trinajstić information content (AvgIpc) is 3.25. The molecule has 0 bridgehead atoms. The molecule has 6 nitrogen and oxygen atoms in total. The van der Waals surface area contributed by atoms with Gasteiger partial charge in [0.15, 0.2) is 0 Å². The van der Waals surface area contributed by atoms with E-state index < -0.39 is 18.2 Å². The number of nitrogens with one attached hydrogen (secondary N) is 1. The molecule has 0 radical (unpaired) electrons. The zero-order chi connectivity index (χ0) is 44.5. The molecule has 0 rings (SSSR count). The van der Waals surface area contributed by atoms with E-state index in [0.29, 0.717) is 25.7 Å². The van der Waals surface area contributed by atoms with Crippen LogP contribution in [0, 0.1) is 0 Å². The number of carbonyl (C=O) groups is 2. The van der Waals surface area contributed by atoms with Crippen molar-refractivity contribution >= 4 is 11.9 Å². The van der Waals surface area contributed by atoms with Crippen molar-refractivity contribution in [3.05, 3.63) is 48.6 Å². The minimum absolute atomic E-state index is 0.0584. The molecule has 61 heavy (non-hydrogen) atoms. The maximum absolute atomic E-state index is 13.2. The quantitative estimate of drug-likeness (QED) is 0.0322. The number of aliphatic hydroxyl groups excluding tert-OH is 2. The molecule has 0 aliphatic heterocycles. The van der Waals surface area contributed by atoms with Gasteiger partial charge in [-0.25, -0.2) is 0 Å². The van der Waals surface area contributed by atoms with Gasteiger partial charge in [0.1, 0.15) is 6.10 Å². The van der Waals surface area contributed by atoms with Crippen LogP contribution >= 0.6 is 0 Å². The van der Waals surface area contributed by atoms with E-state index in [0.717, 1.165) is 64.2 Å². The molecule has 6 heteroatoms. The molecule has 0 spiro atoms. The number of amides is 1. The highest BCUT2D eigenvalue weighted by Gasteiger charge is 2.24. The van der Waals surface area contributed by atoms with Crippen LogP contribution in [0.15, 0.2) is 48.6 Å². The first-order chi connectivity index (χ1) is 30.0. The van der Waals surface area contributed by atoms with Gasteiger partial charge < -0.3 is 20.3 Å². The Labute approximate surface area is 378 Å². The summed E-state index contributed by atoms with van der Waals surface area (Å²) in [5, 5.41) is 23.7. The summed E-state index contributed by atoms with van der Waals surface area (Å²) >= 11 is 0. The number of esters is 1. The highest BCUT2D eigenvalue weighted by atomic mass is 16.5. The Morgan fingerprint density at radius 3 is 1.26 bits per heavy atom. The van der Waals surface area contributed by atoms with Crippen LogP contribution in [0.1, 0.15) is 265 Å². The molecular weight excluding hydrogens is 755 g/mol. The third-order valence-corrected chi connectivity index (χ3v) is 11.9. The Morgan fingerprint density at radius 1 is 0.475 bits per heavy atom. The first-order valence-electron chi connectivity index (χ1n) is 26.4. The van der Waals surface area contributed by atoms with Crippen molar-refractivity contribution in [1.82, 2.24) is 5.32 Å². The standard InChI is InChI=1S/C55H101NO5/c1-4-7-10-13-16-19-21-23-25-27-29-31-33-36-39-42-45-48-55(60)61-51(46-43-40-37-35-32-30-28-26-24-22-20-17-14-11-8-5-2)49-54(59)56-52(50-57)53(58)47-44-41-38-34-18-15-12-9-6-3/h16,19,23,25,29,31,36,39,51-53,57-58H,4-15,17-18,20-22,24,26-28,30,32-35,37-38,40-50H2,1-3H3,(H,56,59)/b19-16-,25-23-,31-29-,39-36-. The highest BCUT2D eigenvalue weighted by Crippen LogP contribution is 2.18. The molecule has 3 N–H and O–H groups in total. The van der Waals surface area contributed by atoms with Crippen molar-refractivity contribution in [2.24, 2.45) is 0 Å². The number of ether oxygens (including phenoxy) is 1. The lowest BCUT2D eigenvalue weighted by atomic mass is 10.0. The van der Waals surface area contributed by atoms with Gasteiger partial charge in [0.25, 0.3) is 0 Å². The number of hydrogen-bond donors (Lipinski definition) is 3. The fourth-order valence-electron chi connectivity index (χ4n) is 7.89. The maximum atomic E-state index is 13.2. The Bertz CT molecular complexity index is 1050. The number of carbonyl (C=O) groups excluding carboxylic acids is 2. The Kier molecular flexibility index (Phi) is 47.1. The molecule has 1 amide bonds. The molecule has 0 aromatic heterocycles. The Balaban J connectivity index is 4.64. The molecule has 0 saturated heterocycles. The van der Waals surface area contributed by atoms with E-state index in [1.54, 1.807) is 0 Å². The van der Waals surface area contributed by atoms with Gasteiger partial charge in [-0.15, -0.1) is 0 Å². The van der Waals surface area contributed by atoms with Crippen LogP contribution in [0.5, 0.6) is 0 Å². The molecule has 0 aliphatic carbocycles. The van der Waals surface area contributed by atoms with Gasteiger partial charge in [-0.1, -0.05) is 236 Å². The first kappa shape index (κ1) is 58.8. The van der Waals surface area contributed by atoms with Crippen LogP contribution in [0.4, 0.5) is 0 Å². The average molecular weight is 856 g/mol. The van der Waals surface area contributed by atoms with Crippen molar-refractivity contribution in [1.29, 1.82) is 0 Å². The van der Waals surface area contributed by atoms with Crippen LogP contribution in [0.2, 0.25) is 0 Å². The van der Waals surface area contributed by atoms with E-state index in [-0.39, 0.29) is 24.9 Å². The fourth-order valence-corrected chi connectivity index (χ4v) is 7.89. The first-order valence-corrected chi connectivity index (χ1v) is 26.4. The van der Waals surface area contributed by atoms with E-state index in [4.69, 9.17) is 4.74 Å². The molecule has 0 heterocycles. The minimum atomic E-state index is -0.794. The van der Waals surface area contributed by atoms with Crippen LogP contribution < -0.4 is 5.32 Å². The molecule has 0 aromatic rings. The molecule has 356 valence electrons. The van der Waals surface area contributed by atoms with E-state index in [9.17, 15) is 19.8 Å². The number of allylic oxidation sites excluding steroid dienone is 8. The fraction of sp³-hybridized carbons (Fsp3) is 0.818. The lowest BCUT2D eigenvalue weighted by Crippen LogP contribution is -2.46. The van der Waals surface area contributed by atoms with Gasteiger partial charge in [0, 0.05) is 6.42 Å². The molecule has 0 saturated carbocycles. The van der Waals surface area contributed by atoms with E-state index in [1.165, 1.54) is 148 Å². The summed E-state index contributed by atoms with van der Waals surface area (Å²) in [5.41, 5.74) is 0. The van der Waals surface area contributed by atoms with Gasteiger partial charge in [-0.2, -0.15) is 0 Å². The molecule has 3 unspecified atom stereocenters. The predicted molar refractivity (Wildman–Crippen MR) is 264 cm³/mol. The number of rotatable bonds is 47. The number of hydrogen-bond acceptors (Lipinski definition) is 5. The van der Waals surface area contributed by atoms with Gasteiger partial charge in [-0.05, 0) is 64.2 Å². The van der Waals surface area contributed by atoms with Crippen LogP contribution in [-0.4, -0.2) is 46.9 Å². The normalized spacial score (nSPS) is 13.6. The van der Waals surface area contributed by atoms with Gasteiger partial charge >= 0.3 is 5.97 Å². The summed E-state index contributed by atoms with van der Waals surface area (Å²) in [6.07, 6.45) is 58.9. The largest absolute Gasteiger partial charge is 0.462 e. The van der Waals surface area contributed by atoms with E-state index in [1.807, 2.05) is 0 Å². The Hall–Kier alpha value is -2.18. The second kappa shape index (κ2) is 48.8. The van der Waals surface area contributed by atoms with Gasteiger partial charge in [0.2, 0.25) is 5.91 Å². The molecular formula is C55H101NO5. The van der Waals surface area contributed by atoms with Crippen molar-refractivity contribution in [3.8, 4) is 0 Å². The molecule has 3 atom stereocenters. The summed E-state index contributed by atoms with van der Waals surface area (Å²) < 4.78 is 5.91. The summed E-state index contributed by atoms with van der Waals surface area (Å²) in [6, 6.07) is -0.709. The van der Waals surface area contributed by atoms with Crippen LogP contribution in [0.25, 0.3) is 0 Å².